The molecule has 1 N–H and O–H groups in total. The van der Waals surface area contributed by atoms with E-state index in [1.54, 1.807) is 10.6 Å². The Labute approximate surface area is 169 Å². The molecule has 0 saturated heterocycles. The van der Waals surface area contributed by atoms with Gasteiger partial charge in [0, 0.05) is 6.04 Å². The number of rotatable bonds is 5. The molecule has 28 heavy (non-hydrogen) atoms. The average Bonchev–Trinajstić information content (AvgIpc) is 2.64. The summed E-state index contributed by atoms with van der Waals surface area (Å²) < 4.78 is 1.63. The minimum Gasteiger partial charge on any atom is -0.353 e. The summed E-state index contributed by atoms with van der Waals surface area (Å²) in [6.07, 6.45) is 0. The summed E-state index contributed by atoms with van der Waals surface area (Å²) >= 11 is 1.30. The third-order valence-electron chi connectivity index (χ3n) is 4.43. The van der Waals surface area contributed by atoms with Crippen molar-refractivity contribution in [3.63, 3.8) is 0 Å². The standard InChI is InChI=1S/C22H25N3O2S/c1-13(2)23-20(26)16(5)28-22-24-18-9-7-6-8-17(18)21(27)25(22)19-12-14(3)10-11-15(19)4/h6-13,16H,1-5H3,(H,23,26). The number of amides is 1. The van der Waals surface area contributed by atoms with Crippen LogP contribution in [0, 0.1) is 13.8 Å². The molecular formula is C22H25N3O2S. The number of thioether (sulfide) groups is 1. The maximum Gasteiger partial charge on any atom is 0.266 e. The maximum atomic E-state index is 13.4. The zero-order valence-electron chi connectivity index (χ0n) is 16.8. The van der Waals surface area contributed by atoms with Crippen LogP contribution in [0.4, 0.5) is 0 Å². The zero-order chi connectivity index (χ0) is 20.4. The van der Waals surface area contributed by atoms with Crippen LogP contribution in [0.15, 0.2) is 52.4 Å². The van der Waals surface area contributed by atoms with E-state index in [1.165, 1.54) is 11.8 Å². The van der Waals surface area contributed by atoms with E-state index in [0.717, 1.165) is 16.8 Å². The van der Waals surface area contributed by atoms with Crippen molar-refractivity contribution in [1.82, 2.24) is 14.9 Å². The molecule has 3 aromatic rings. The molecule has 0 spiro atoms. The zero-order valence-corrected chi connectivity index (χ0v) is 17.6. The van der Waals surface area contributed by atoms with Gasteiger partial charge in [-0.05, 0) is 63.9 Å². The van der Waals surface area contributed by atoms with E-state index >= 15 is 0 Å². The van der Waals surface area contributed by atoms with Crippen molar-refractivity contribution in [3.05, 3.63) is 63.9 Å². The van der Waals surface area contributed by atoms with Crippen LogP contribution < -0.4 is 10.9 Å². The predicted molar refractivity (Wildman–Crippen MR) is 115 cm³/mol. The van der Waals surface area contributed by atoms with Crippen LogP contribution in [0.1, 0.15) is 31.9 Å². The Balaban J connectivity index is 2.19. The molecule has 1 unspecified atom stereocenters. The van der Waals surface area contributed by atoms with Gasteiger partial charge < -0.3 is 5.32 Å². The minimum atomic E-state index is -0.383. The molecule has 0 fully saturated rings. The van der Waals surface area contributed by atoms with E-state index in [4.69, 9.17) is 4.98 Å². The molecule has 0 saturated carbocycles. The summed E-state index contributed by atoms with van der Waals surface area (Å²) in [6, 6.07) is 13.4. The maximum absolute atomic E-state index is 13.4. The largest absolute Gasteiger partial charge is 0.353 e. The average molecular weight is 396 g/mol. The van der Waals surface area contributed by atoms with Crippen LogP contribution in [0.5, 0.6) is 0 Å². The number of benzene rings is 2. The fraction of sp³-hybridized carbons (Fsp3) is 0.318. The third-order valence-corrected chi connectivity index (χ3v) is 5.49. The lowest BCUT2D eigenvalue weighted by molar-refractivity contribution is -0.120. The van der Waals surface area contributed by atoms with Gasteiger partial charge >= 0.3 is 0 Å². The van der Waals surface area contributed by atoms with E-state index in [-0.39, 0.29) is 22.8 Å². The smallest absolute Gasteiger partial charge is 0.266 e. The summed E-state index contributed by atoms with van der Waals surface area (Å²) in [5, 5.41) is 3.62. The highest BCUT2D eigenvalue weighted by Crippen LogP contribution is 2.27. The number of fused-ring (bicyclic) bond motifs is 1. The van der Waals surface area contributed by atoms with Crippen LogP contribution in [0.2, 0.25) is 0 Å². The number of hydrogen-bond donors (Lipinski definition) is 1. The Bertz CT molecular complexity index is 1090. The van der Waals surface area contributed by atoms with Gasteiger partial charge in [0.05, 0.1) is 21.8 Å². The lowest BCUT2D eigenvalue weighted by Crippen LogP contribution is -2.36. The first kappa shape index (κ1) is 20.1. The monoisotopic (exact) mass is 395 g/mol. The highest BCUT2D eigenvalue weighted by molar-refractivity contribution is 8.00. The second kappa shape index (κ2) is 8.19. The molecule has 0 aliphatic rings. The second-order valence-corrected chi connectivity index (χ2v) is 8.57. The van der Waals surface area contributed by atoms with Crippen molar-refractivity contribution >= 4 is 28.6 Å². The van der Waals surface area contributed by atoms with Gasteiger partial charge in [-0.1, -0.05) is 36.0 Å². The number of aryl methyl sites for hydroxylation is 2. The summed E-state index contributed by atoms with van der Waals surface area (Å²) in [6.45, 7) is 9.65. The van der Waals surface area contributed by atoms with Crippen LogP contribution in [0.3, 0.4) is 0 Å². The van der Waals surface area contributed by atoms with Gasteiger partial charge in [-0.25, -0.2) is 4.98 Å². The van der Waals surface area contributed by atoms with Crippen molar-refractivity contribution in [2.75, 3.05) is 0 Å². The van der Waals surface area contributed by atoms with Crippen molar-refractivity contribution in [2.24, 2.45) is 0 Å². The third kappa shape index (κ3) is 4.12. The number of aromatic nitrogens is 2. The number of para-hydroxylation sites is 1. The van der Waals surface area contributed by atoms with Crippen LogP contribution in [-0.2, 0) is 4.79 Å². The number of nitrogens with one attached hydrogen (secondary N) is 1. The molecule has 146 valence electrons. The Morgan fingerprint density at radius 2 is 1.82 bits per heavy atom. The van der Waals surface area contributed by atoms with Gasteiger partial charge in [0.1, 0.15) is 0 Å². The van der Waals surface area contributed by atoms with Gasteiger partial charge in [0.2, 0.25) is 5.91 Å². The van der Waals surface area contributed by atoms with Crippen molar-refractivity contribution < 1.29 is 4.79 Å². The van der Waals surface area contributed by atoms with E-state index < -0.39 is 0 Å². The number of hydrogen-bond acceptors (Lipinski definition) is 4. The quantitative estimate of drug-likeness (QED) is 0.524. The van der Waals surface area contributed by atoms with E-state index in [0.29, 0.717) is 16.1 Å². The number of carbonyl (C=O) groups is 1. The molecule has 2 aromatic carbocycles. The van der Waals surface area contributed by atoms with E-state index in [1.807, 2.05) is 71.0 Å². The van der Waals surface area contributed by atoms with Gasteiger partial charge in [-0.3, -0.25) is 14.2 Å². The van der Waals surface area contributed by atoms with E-state index in [9.17, 15) is 9.59 Å². The van der Waals surface area contributed by atoms with E-state index in [2.05, 4.69) is 5.32 Å². The van der Waals surface area contributed by atoms with Crippen LogP contribution in [0.25, 0.3) is 16.6 Å². The molecule has 6 heteroatoms. The highest BCUT2D eigenvalue weighted by Gasteiger charge is 2.21. The molecule has 0 radical (unpaired) electrons. The summed E-state index contributed by atoms with van der Waals surface area (Å²) in [7, 11) is 0. The Morgan fingerprint density at radius 3 is 2.54 bits per heavy atom. The van der Waals surface area contributed by atoms with Gasteiger partial charge in [-0.15, -0.1) is 0 Å². The van der Waals surface area contributed by atoms with Crippen molar-refractivity contribution in [2.45, 2.75) is 51.1 Å². The Kier molecular flexibility index (Phi) is 5.89. The molecule has 1 heterocycles. The van der Waals surface area contributed by atoms with Crippen LogP contribution in [-0.4, -0.2) is 26.8 Å². The molecular weight excluding hydrogens is 370 g/mol. The van der Waals surface area contributed by atoms with Crippen molar-refractivity contribution in [1.29, 1.82) is 0 Å². The fourth-order valence-electron chi connectivity index (χ4n) is 2.98. The molecule has 3 rings (SSSR count). The van der Waals surface area contributed by atoms with Gasteiger partial charge in [0.25, 0.3) is 5.56 Å². The predicted octanol–water partition coefficient (Wildman–Crippen LogP) is 4.01. The topological polar surface area (TPSA) is 64.0 Å². The molecule has 0 bridgehead atoms. The molecule has 5 nitrogen and oxygen atoms in total. The molecule has 0 aliphatic carbocycles. The Morgan fingerprint density at radius 1 is 1.11 bits per heavy atom. The summed E-state index contributed by atoms with van der Waals surface area (Å²) in [4.78, 5) is 30.5. The number of carbonyl (C=O) groups excluding carboxylic acids is 1. The number of nitrogens with zero attached hydrogens (tertiary/aromatic N) is 2. The molecule has 1 amide bonds. The highest BCUT2D eigenvalue weighted by atomic mass is 32.2. The van der Waals surface area contributed by atoms with Crippen LogP contribution >= 0.6 is 11.8 Å². The summed E-state index contributed by atoms with van der Waals surface area (Å²) in [5.74, 6) is -0.0741. The minimum absolute atomic E-state index is 0.0568. The second-order valence-electron chi connectivity index (χ2n) is 7.27. The SMILES string of the molecule is Cc1ccc(C)c(-n2c(SC(C)C(=O)NC(C)C)nc3ccccc3c2=O)c1. The summed E-state index contributed by atoms with van der Waals surface area (Å²) in [5.41, 5.74) is 3.33. The lowest BCUT2D eigenvalue weighted by Gasteiger charge is -2.18. The molecule has 0 aliphatic heterocycles. The lowest BCUT2D eigenvalue weighted by atomic mass is 10.1. The molecule has 1 aromatic heterocycles. The van der Waals surface area contributed by atoms with Gasteiger partial charge in [-0.2, -0.15) is 0 Å². The molecule has 1 atom stereocenters. The fourth-order valence-corrected chi connectivity index (χ4v) is 3.91. The normalized spacial score (nSPS) is 12.4. The van der Waals surface area contributed by atoms with Crippen molar-refractivity contribution in [3.8, 4) is 5.69 Å². The van der Waals surface area contributed by atoms with Gasteiger partial charge in [0.15, 0.2) is 5.16 Å². The first-order valence-corrected chi connectivity index (χ1v) is 10.2. The Hall–Kier alpha value is -2.60. The first-order chi connectivity index (χ1) is 13.3. The first-order valence-electron chi connectivity index (χ1n) is 9.34.